The van der Waals surface area contributed by atoms with Crippen molar-refractivity contribution in [2.75, 3.05) is 0 Å². The summed E-state index contributed by atoms with van der Waals surface area (Å²) >= 11 is 2.29. The second-order valence-corrected chi connectivity index (χ2v) is 8.74. The molecule has 4 nitrogen and oxygen atoms in total. The summed E-state index contributed by atoms with van der Waals surface area (Å²) in [4.78, 5) is 12.4. The highest BCUT2D eigenvalue weighted by Crippen LogP contribution is 2.53. The molecule has 4 fully saturated rings. The Morgan fingerprint density at radius 3 is 2.45 bits per heavy atom. The van der Waals surface area contributed by atoms with Crippen LogP contribution in [-0.4, -0.2) is 21.7 Å². The van der Waals surface area contributed by atoms with E-state index in [9.17, 15) is 4.79 Å². The number of rotatable bonds is 4. The summed E-state index contributed by atoms with van der Waals surface area (Å²) in [5.41, 5.74) is 1.16. The lowest BCUT2D eigenvalue weighted by atomic mass is 9.54. The number of nitrogens with one attached hydrogen (secondary N) is 1. The molecule has 4 aliphatic rings. The zero-order valence-corrected chi connectivity index (χ0v) is 15.3. The van der Waals surface area contributed by atoms with Crippen molar-refractivity contribution in [2.24, 2.45) is 23.7 Å². The molecule has 0 spiro atoms. The normalized spacial score (nSPS) is 35.8. The maximum atomic E-state index is 12.4. The summed E-state index contributed by atoms with van der Waals surface area (Å²) in [6.07, 6.45) is 9.30. The summed E-state index contributed by atoms with van der Waals surface area (Å²) in [5.74, 6) is 3.65. The van der Waals surface area contributed by atoms with Gasteiger partial charge in [0.05, 0.1) is 9.77 Å². The van der Waals surface area contributed by atoms with Crippen molar-refractivity contribution in [2.45, 2.75) is 58.0 Å². The van der Waals surface area contributed by atoms with E-state index in [1.54, 1.807) is 0 Å². The second-order valence-electron chi connectivity index (χ2n) is 7.58. The fourth-order valence-electron chi connectivity index (χ4n) is 5.28. The average molecular weight is 413 g/mol. The van der Waals surface area contributed by atoms with Crippen molar-refractivity contribution in [3.8, 4) is 0 Å². The van der Waals surface area contributed by atoms with Gasteiger partial charge in [0.25, 0.3) is 0 Å². The van der Waals surface area contributed by atoms with Gasteiger partial charge in [0.2, 0.25) is 5.91 Å². The van der Waals surface area contributed by atoms with Crippen LogP contribution in [0.5, 0.6) is 0 Å². The summed E-state index contributed by atoms with van der Waals surface area (Å²) in [6, 6.07) is 0.458. The molecule has 1 amide bonds. The van der Waals surface area contributed by atoms with Gasteiger partial charge in [-0.2, -0.15) is 5.10 Å². The lowest BCUT2D eigenvalue weighted by Gasteiger charge is -2.54. The molecule has 5 heteroatoms. The highest BCUT2D eigenvalue weighted by Gasteiger charge is 2.48. The Balaban J connectivity index is 1.33. The van der Waals surface area contributed by atoms with E-state index in [0.717, 1.165) is 29.4 Å². The molecule has 5 rings (SSSR count). The number of aromatic nitrogens is 2. The quantitative estimate of drug-likeness (QED) is 0.772. The third kappa shape index (κ3) is 2.69. The molecule has 4 saturated carbocycles. The number of aryl methyl sites for hydroxylation is 1. The minimum absolute atomic E-state index is 0.211. The molecule has 1 N–H and O–H groups in total. The number of hydrogen-bond donors (Lipinski definition) is 1. The van der Waals surface area contributed by atoms with E-state index in [4.69, 9.17) is 0 Å². The van der Waals surface area contributed by atoms with Crippen molar-refractivity contribution < 1.29 is 4.79 Å². The molecule has 1 aromatic rings. The third-order valence-corrected chi connectivity index (χ3v) is 7.21. The Morgan fingerprint density at radius 2 is 1.91 bits per heavy atom. The number of amides is 1. The summed E-state index contributed by atoms with van der Waals surface area (Å²) in [6.45, 7) is 2.75. The second kappa shape index (κ2) is 5.80. The highest BCUT2D eigenvalue weighted by atomic mass is 127. The first-order chi connectivity index (χ1) is 10.6. The number of carbonyl (C=O) groups excluding carboxylic acids is 1. The van der Waals surface area contributed by atoms with Crippen molar-refractivity contribution in [1.82, 2.24) is 15.1 Å². The number of carbonyl (C=O) groups is 1. The zero-order valence-electron chi connectivity index (χ0n) is 13.1. The van der Waals surface area contributed by atoms with E-state index in [-0.39, 0.29) is 5.91 Å². The van der Waals surface area contributed by atoms with E-state index in [2.05, 4.69) is 39.9 Å². The first-order valence-corrected chi connectivity index (χ1v) is 9.65. The largest absolute Gasteiger partial charge is 0.353 e. The van der Waals surface area contributed by atoms with Crippen molar-refractivity contribution in [1.29, 1.82) is 0 Å². The van der Waals surface area contributed by atoms with Crippen LogP contribution in [0.15, 0.2) is 6.20 Å². The van der Waals surface area contributed by atoms with Gasteiger partial charge in [0.1, 0.15) is 0 Å². The van der Waals surface area contributed by atoms with Gasteiger partial charge >= 0.3 is 0 Å². The van der Waals surface area contributed by atoms with Crippen molar-refractivity contribution in [3.63, 3.8) is 0 Å². The first kappa shape index (κ1) is 15.0. The van der Waals surface area contributed by atoms with E-state index in [1.807, 2.05) is 10.9 Å². The molecule has 120 valence electrons. The van der Waals surface area contributed by atoms with E-state index in [1.165, 1.54) is 35.7 Å². The predicted molar refractivity (Wildman–Crippen MR) is 93.3 cm³/mol. The molecule has 0 atom stereocenters. The van der Waals surface area contributed by atoms with Crippen LogP contribution in [0.3, 0.4) is 0 Å². The van der Waals surface area contributed by atoms with Gasteiger partial charge in [0, 0.05) is 24.7 Å². The Bertz CT molecular complexity index is 554. The van der Waals surface area contributed by atoms with E-state index < -0.39 is 0 Å². The molecule has 0 aliphatic heterocycles. The van der Waals surface area contributed by atoms with Gasteiger partial charge in [-0.25, -0.2) is 0 Å². The topological polar surface area (TPSA) is 46.9 Å². The van der Waals surface area contributed by atoms with Crippen LogP contribution in [-0.2, 0) is 11.3 Å². The Morgan fingerprint density at radius 1 is 1.27 bits per heavy atom. The van der Waals surface area contributed by atoms with Gasteiger partial charge in [-0.3, -0.25) is 9.48 Å². The van der Waals surface area contributed by atoms with Crippen LogP contribution in [0.25, 0.3) is 0 Å². The molecule has 22 heavy (non-hydrogen) atoms. The molecular weight excluding hydrogens is 389 g/mol. The SMILES string of the molecule is Cc1c(I)cnn1CCC(=O)NC1C2CC3CC(C2)CC1C3. The Hall–Kier alpha value is -0.590. The lowest BCUT2D eigenvalue weighted by Crippen LogP contribution is -2.55. The van der Waals surface area contributed by atoms with Gasteiger partial charge < -0.3 is 5.32 Å². The van der Waals surface area contributed by atoms with Crippen molar-refractivity contribution in [3.05, 3.63) is 15.5 Å². The average Bonchev–Trinajstić information content (AvgIpc) is 2.80. The Labute approximate surface area is 145 Å². The number of halogens is 1. The van der Waals surface area contributed by atoms with Crippen LogP contribution in [0.4, 0.5) is 0 Å². The van der Waals surface area contributed by atoms with E-state index in [0.29, 0.717) is 19.0 Å². The van der Waals surface area contributed by atoms with E-state index >= 15 is 0 Å². The van der Waals surface area contributed by atoms with Gasteiger partial charge in [0.15, 0.2) is 0 Å². The van der Waals surface area contributed by atoms with Crippen molar-refractivity contribution >= 4 is 28.5 Å². The summed E-state index contributed by atoms with van der Waals surface area (Å²) < 4.78 is 3.11. The number of hydrogen-bond acceptors (Lipinski definition) is 2. The smallest absolute Gasteiger partial charge is 0.222 e. The molecule has 0 unspecified atom stereocenters. The predicted octanol–water partition coefficient (Wildman–Crippen LogP) is 3.13. The minimum Gasteiger partial charge on any atom is -0.353 e. The first-order valence-electron chi connectivity index (χ1n) is 8.57. The summed E-state index contributed by atoms with van der Waals surface area (Å²) in [5, 5.41) is 7.71. The molecule has 1 aromatic heterocycles. The lowest BCUT2D eigenvalue weighted by molar-refractivity contribution is -0.125. The maximum absolute atomic E-state index is 12.4. The standard InChI is InChI=1S/C17H24IN3O/c1-10-15(18)9-19-21(10)3-2-16(22)20-17-13-5-11-4-12(7-13)8-14(17)6-11/h9,11-14,17H,2-8H2,1H3,(H,20,22). The minimum atomic E-state index is 0.211. The fraction of sp³-hybridized carbons (Fsp3) is 0.765. The molecule has 1 heterocycles. The molecule has 0 aromatic carbocycles. The monoisotopic (exact) mass is 413 g/mol. The molecule has 0 saturated heterocycles. The van der Waals surface area contributed by atoms with Gasteiger partial charge in [-0.05, 0) is 85.3 Å². The van der Waals surface area contributed by atoms with Crippen LogP contribution in [0.2, 0.25) is 0 Å². The summed E-state index contributed by atoms with van der Waals surface area (Å²) in [7, 11) is 0. The maximum Gasteiger partial charge on any atom is 0.222 e. The molecular formula is C17H24IN3O. The van der Waals surface area contributed by atoms with Gasteiger partial charge in [-0.1, -0.05) is 0 Å². The van der Waals surface area contributed by atoms with Gasteiger partial charge in [-0.15, -0.1) is 0 Å². The zero-order chi connectivity index (χ0) is 15.3. The molecule has 4 aliphatic carbocycles. The van der Waals surface area contributed by atoms with Crippen LogP contribution in [0.1, 0.15) is 44.2 Å². The van der Waals surface area contributed by atoms with Crippen LogP contribution >= 0.6 is 22.6 Å². The Kier molecular flexibility index (Phi) is 3.95. The van der Waals surface area contributed by atoms with Crippen LogP contribution in [0, 0.1) is 34.2 Å². The third-order valence-electron chi connectivity index (χ3n) is 6.15. The van der Waals surface area contributed by atoms with Crippen LogP contribution < -0.4 is 5.32 Å². The molecule has 0 radical (unpaired) electrons. The highest BCUT2D eigenvalue weighted by molar-refractivity contribution is 14.1. The molecule has 4 bridgehead atoms. The number of nitrogens with zero attached hydrogens (tertiary/aromatic N) is 2. The fourth-order valence-corrected chi connectivity index (χ4v) is 5.68.